The minimum atomic E-state index is -2.75. The predicted octanol–water partition coefficient (Wildman–Crippen LogP) is 3.14. The van der Waals surface area contributed by atoms with Gasteiger partial charge >= 0.3 is 6.61 Å². The lowest BCUT2D eigenvalue weighted by atomic mass is 9.92. The molecular weight excluding hydrogens is 236 g/mol. The Hall–Kier alpha value is -1.16. The van der Waals surface area contributed by atoms with Crippen LogP contribution in [0.15, 0.2) is 18.2 Å². The molecule has 0 saturated carbocycles. The van der Waals surface area contributed by atoms with E-state index in [0.29, 0.717) is 11.7 Å². The van der Waals surface area contributed by atoms with Crippen molar-refractivity contribution < 1.29 is 13.5 Å². The van der Waals surface area contributed by atoms with Crippen molar-refractivity contribution in [2.45, 2.75) is 32.8 Å². The minimum absolute atomic E-state index is 0.297. The van der Waals surface area contributed by atoms with E-state index in [0.717, 1.165) is 30.6 Å². The predicted molar refractivity (Wildman–Crippen MR) is 67.1 cm³/mol. The lowest BCUT2D eigenvalue weighted by Gasteiger charge is -2.23. The van der Waals surface area contributed by atoms with Crippen molar-refractivity contribution in [2.24, 2.45) is 5.92 Å². The van der Waals surface area contributed by atoms with Gasteiger partial charge in [0.05, 0.1) is 0 Å². The smallest absolute Gasteiger partial charge is 0.387 e. The van der Waals surface area contributed by atoms with Gasteiger partial charge in [0.15, 0.2) is 0 Å². The van der Waals surface area contributed by atoms with E-state index in [9.17, 15) is 8.78 Å². The molecule has 0 bridgehead atoms. The van der Waals surface area contributed by atoms with Crippen LogP contribution in [0.2, 0.25) is 0 Å². The molecule has 0 aliphatic carbocycles. The second kappa shape index (κ2) is 6.14. The lowest BCUT2D eigenvalue weighted by molar-refractivity contribution is -0.0503. The topological polar surface area (TPSA) is 21.3 Å². The van der Waals surface area contributed by atoms with Gasteiger partial charge in [-0.05, 0) is 62.4 Å². The summed E-state index contributed by atoms with van der Waals surface area (Å²) in [6, 6.07) is 5.60. The van der Waals surface area contributed by atoms with E-state index >= 15 is 0 Å². The first-order valence-corrected chi connectivity index (χ1v) is 6.40. The summed E-state index contributed by atoms with van der Waals surface area (Å²) in [5, 5.41) is 3.36. The number of ether oxygens (including phenoxy) is 1. The van der Waals surface area contributed by atoms with Gasteiger partial charge in [-0.15, -0.1) is 0 Å². The third kappa shape index (κ3) is 3.67. The molecule has 0 aromatic heterocycles. The highest BCUT2D eigenvalue weighted by molar-refractivity contribution is 5.36. The fraction of sp³-hybridized carbons (Fsp3) is 0.571. The molecule has 1 aliphatic heterocycles. The van der Waals surface area contributed by atoms with Crippen molar-refractivity contribution >= 4 is 0 Å². The molecule has 1 N–H and O–H groups in total. The highest BCUT2D eigenvalue weighted by Crippen LogP contribution is 2.24. The van der Waals surface area contributed by atoms with Crippen molar-refractivity contribution in [3.8, 4) is 5.75 Å². The van der Waals surface area contributed by atoms with E-state index in [1.807, 2.05) is 12.1 Å². The maximum atomic E-state index is 12.3. The average Bonchev–Trinajstić information content (AvgIpc) is 2.34. The fourth-order valence-electron chi connectivity index (χ4n) is 2.43. The first-order valence-electron chi connectivity index (χ1n) is 6.40. The van der Waals surface area contributed by atoms with E-state index in [4.69, 9.17) is 0 Å². The molecule has 0 amide bonds. The number of alkyl halides is 2. The molecule has 1 fully saturated rings. The molecule has 1 unspecified atom stereocenters. The van der Waals surface area contributed by atoms with Gasteiger partial charge in [0, 0.05) is 0 Å². The highest BCUT2D eigenvalue weighted by atomic mass is 19.3. The fourth-order valence-corrected chi connectivity index (χ4v) is 2.43. The molecule has 1 aliphatic rings. The Morgan fingerprint density at radius 3 is 2.94 bits per heavy atom. The molecule has 1 aromatic carbocycles. The van der Waals surface area contributed by atoms with E-state index in [-0.39, 0.29) is 0 Å². The first kappa shape index (κ1) is 13.3. The van der Waals surface area contributed by atoms with Crippen molar-refractivity contribution in [2.75, 3.05) is 13.1 Å². The summed E-state index contributed by atoms with van der Waals surface area (Å²) in [4.78, 5) is 0. The number of hydrogen-bond donors (Lipinski definition) is 1. The highest BCUT2D eigenvalue weighted by Gasteiger charge is 2.15. The van der Waals surface area contributed by atoms with Crippen LogP contribution in [0.4, 0.5) is 8.78 Å². The number of rotatable bonds is 4. The number of aryl methyl sites for hydroxylation is 1. The summed E-state index contributed by atoms with van der Waals surface area (Å²) in [6.45, 7) is 1.13. The van der Waals surface area contributed by atoms with Crippen LogP contribution in [0.5, 0.6) is 5.75 Å². The van der Waals surface area contributed by atoms with Crippen LogP contribution in [0.3, 0.4) is 0 Å². The van der Waals surface area contributed by atoms with Gasteiger partial charge in [-0.1, -0.05) is 12.1 Å². The quantitative estimate of drug-likeness (QED) is 0.892. The van der Waals surface area contributed by atoms with Crippen LogP contribution < -0.4 is 10.1 Å². The Balaban J connectivity index is 2.03. The third-order valence-corrected chi connectivity index (χ3v) is 3.39. The van der Waals surface area contributed by atoms with E-state index in [1.165, 1.54) is 12.8 Å². The van der Waals surface area contributed by atoms with Gasteiger partial charge in [0.1, 0.15) is 5.75 Å². The number of halogens is 2. The van der Waals surface area contributed by atoms with Gasteiger partial charge in [0.2, 0.25) is 0 Å². The minimum Gasteiger partial charge on any atom is -0.435 e. The molecule has 0 radical (unpaired) electrons. The monoisotopic (exact) mass is 255 g/mol. The summed E-state index contributed by atoms with van der Waals surface area (Å²) in [7, 11) is 0. The van der Waals surface area contributed by atoms with Gasteiger partial charge < -0.3 is 10.1 Å². The van der Waals surface area contributed by atoms with Crippen molar-refractivity contribution in [3.63, 3.8) is 0 Å². The van der Waals surface area contributed by atoms with Crippen molar-refractivity contribution in [3.05, 3.63) is 29.3 Å². The molecule has 1 saturated heterocycles. The zero-order chi connectivity index (χ0) is 13.0. The van der Waals surface area contributed by atoms with E-state index in [2.05, 4.69) is 10.1 Å². The maximum absolute atomic E-state index is 12.3. The maximum Gasteiger partial charge on any atom is 0.387 e. The number of benzene rings is 1. The molecule has 1 atom stereocenters. The number of hydrogen-bond acceptors (Lipinski definition) is 2. The zero-order valence-electron chi connectivity index (χ0n) is 10.6. The second-order valence-electron chi connectivity index (χ2n) is 4.89. The number of piperidine rings is 1. The summed E-state index contributed by atoms with van der Waals surface area (Å²) in [5.41, 5.74) is 1.82. The van der Waals surface area contributed by atoms with Crippen molar-refractivity contribution in [1.82, 2.24) is 5.32 Å². The van der Waals surface area contributed by atoms with Crippen LogP contribution in [-0.4, -0.2) is 19.7 Å². The molecule has 0 spiro atoms. The van der Waals surface area contributed by atoms with Gasteiger partial charge in [0.25, 0.3) is 0 Å². The molecule has 18 heavy (non-hydrogen) atoms. The summed E-state index contributed by atoms with van der Waals surface area (Å²) in [5.74, 6) is 0.895. The van der Waals surface area contributed by atoms with Crippen molar-refractivity contribution in [1.29, 1.82) is 0 Å². The molecule has 1 heterocycles. The van der Waals surface area contributed by atoms with Gasteiger partial charge in [-0.3, -0.25) is 0 Å². The Bertz CT molecular complexity index is 389. The average molecular weight is 255 g/mol. The second-order valence-corrected chi connectivity index (χ2v) is 4.89. The Morgan fingerprint density at radius 2 is 2.28 bits per heavy atom. The zero-order valence-corrected chi connectivity index (χ0v) is 10.6. The summed E-state index contributed by atoms with van der Waals surface area (Å²) in [6.07, 6.45) is 3.32. The van der Waals surface area contributed by atoms with Crippen LogP contribution >= 0.6 is 0 Å². The van der Waals surface area contributed by atoms with Crippen LogP contribution in [0, 0.1) is 12.8 Å². The van der Waals surface area contributed by atoms with Crippen LogP contribution in [0.1, 0.15) is 24.0 Å². The van der Waals surface area contributed by atoms with Crippen LogP contribution in [0.25, 0.3) is 0 Å². The van der Waals surface area contributed by atoms with E-state index in [1.54, 1.807) is 13.0 Å². The summed E-state index contributed by atoms with van der Waals surface area (Å²) < 4.78 is 29.0. The third-order valence-electron chi connectivity index (χ3n) is 3.39. The molecule has 4 heteroatoms. The Morgan fingerprint density at radius 1 is 1.44 bits per heavy atom. The largest absolute Gasteiger partial charge is 0.435 e. The van der Waals surface area contributed by atoms with E-state index < -0.39 is 6.61 Å². The van der Waals surface area contributed by atoms with Crippen LogP contribution in [-0.2, 0) is 6.42 Å². The Labute approximate surface area is 106 Å². The Kier molecular flexibility index (Phi) is 4.53. The molecule has 2 rings (SSSR count). The SMILES string of the molecule is Cc1ccc(CC2CCCNC2)cc1OC(F)F. The standard InChI is InChI=1S/C14H19F2NO/c1-10-4-5-11(8-13(10)18-14(15)16)7-12-3-2-6-17-9-12/h4-5,8,12,14,17H,2-3,6-7,9H2,1H3. The molecule has 1 aromatic rings. The molecule has 100 valence electrons. The lowest BCUT2D eigenvalue weighted by Crippen LogP contribution is -2.30. The molecular formula is C14H19F2NO. The van der Waals surface area contributed by atoms with Gasteiger partial charge in [-0.25, -0.2) is 0 Å². The first-order chi connectivity index (χ1) is 8.65. The molecule has 2 nitrogen and oxygen atoms in total. The normalized spacial score (nSPS) is 20.1. The summed E-state index contributed by atoms with van der Waals surface area (Å²) >= 11 is 0. The number of nitrogens with one attached hydrogen (secondary N) is 1. The van der Waals surface area contributed by atoms with Gasteiger partial charge in [-0.2, -0.15) is 8.78 Å².